The first-order chi connectivity index (χ1) is 9.12. The largest absolute Gasteiger partial charge is 0.480 e. The Hall–Kier alpha value is -1.26. The van der Waals surface area contributed by atoms with Gasteiger partial charge in [0.25, 0.3) is 0 Å². The second-order valence-electron chi connectivity index (χ2n) is 7.16. The quantitative estimate of drug-likeness (QED) is 0.837. The van der Waals surface area contributed by atoms with Crippen molar-refractivity contribution in [1.82, 2.24) is 10.2 Å². The smallest absolute Gasteiger partial charge is 0.326 e. The van der Waals surface area contributed by atoms with Crippen LogP contribution in [-0.2, 0) is 4.79 Å². The molecule has 20 heavy (non-hydrogen) atoms. The van der Waals surface area contributed by atoms with Gasteiger partial charge in [-0.15, -0.1) is 0 Å². The summed E-state index contributed by atoms with van der Waals surface area (Å²) < 4.78 is 0. The summed E-state index contributed by atoms with van der Waals surface area (Å²) in [4.78, 5) is 25.2. The van der Waals surface area contributed by atoms with E-state index >= 15 is 0 Å². The van der Waals surface area contributed by atoms with Gasteiger partial charge in [0.2, 0.25) is 0 Å². The topological polar surface area (TPSA) is 69.6 Å². The Balaban J connectivity index is 2.57. The van der Waals surface area contributed by atoms with E-state index in [1.807, 2.05) is 20.8 Å². The van der Waals surface area contributed by atoms with E-state index in [1.54, 1.807) is 4.90 Å². The van der Waals surface area contributed by atoms with E-state index < -0.39 is 17.4 Å². The number of aliphatic carboxylic acids is 1. The Labute approximate surface area is 121 Å². The maximum atomic E-state index is 12.2. The second-order valence-corrected chi connectivity index (χ2v) is 7.16. The van der Waals surface area contributed by atoms with Crippen molar-refractivity contribution in [3.05, 3.63) is 0 Å². The van der Waals surface area contributed by atoms with Crippen molar-refractivity contribution in [2.45, 2.75) is 53.5 Å². The van der Waals surface area contributed by atoms with Crippen LogP contribution >= 0.6 is 0 Å². The number of hydrogen-bond donors (Lipinski definition) is 2. The third kappa shape index (κ3) is 4.39. The summed E-state index contributed by atoms with van der Waals surface area (Å²) in [6.07, 6.45) is 2.00. The lowest BCUT2D eigenvalue weighted by atomic mass is 9.86. The predicted octanol–water partition coefficient (Wildman–Crippen LogP) is 2.56. The predicted molar refractivity (Wildman–Crippen MR) is 78.5 cm³/mol. The van der Waals surface area contributed by atoms with Gasteiger partial charge in [0.05, 0.1) is 0 Å². The molecule has 1 atom stereocenters. The summed E-state index contributed by atoms with van der Waals surface area (Å²) in [6.45, 7) is 11.3. The minimum absolute atomic E-state index is 0.255. The summed E-state index contributed by atoms with van der Waals surface area (Å²) in [5.74, 6) is 0.321. The standard InChI is InChI=1S/C15H28N2O3/c1-10(2)11-6-8-17(9-7-11)14(20)16-12(13(18)19)15(3,4)5/h10-12H,6-9H2,1-5H3,(H,16,20)(H,18,19)/t12-/m0/s1. The molecule has 0 saturated carbocycles. The van der Waals surface area contributed by atoms with Gasteiger partial charge in [-0.1, -0.05) is 34.6 Å². The van der Waals surface area contributed by atoms with Crippen molar-refractivity contribution in [2.75, 3.05) is 13.1 Å². The average Bonchev–Trinajstić information content (AvgIpc) is 2.33. The minimum Gasteiger partial charge on any atom is -0.480 e. The lowest BCUT2D eigenvalue weighted by Gasteiger charge is -2.36. The third-order valence-corrected chi connectivity index (χ3v) is 4.15. The van der Waals surface area contributed by atoms with Crippen LogP contribution in [0.3, 0.4) is 0 Å². The number of nitrogens with one attached hydrogen (secondary N) is 1. The molecule has 0 radical (unpaired) electrons. The molecular weight excluding hydrogens is 256 g/mol. The number of carbonyl (C=O) groups is 2. The zero-order valence-electron chi connectivity index (χ0n) is 13.3. The van der Waals surface area contributed by atoms with Crippen LogP contribution in [0.4, 0.5) is 4.79 Å². The first-order valence-corrected chi connectivity index (χ1v) is 7.41. The molecule has 0 unspecified atom stereocenters. The van der Waals surface area contributed by atoms with Gasteiger partial charge in [0.15, 0.2) is 0 Å². The highest BCUT2D eigenvalue weighted by Gasteiger charge is 2.34. The second kappa shape index (κ2) is 6.46. The third-order valence-electron chi connectivity index (χ3n) is 4.15. The summed E-state index contributed by atoms with van der Waals surface area (Å²) in [5.41, 5.74) is -0.502. The average molecular weight is 284 g/mol. The summed E-state index contributed by atoms with van der Waals surface area (Å²) in [5, 5.41) is 11.9. The van der Waals surface area contributed by atoms with Crippen LogP contribution in [0.1, 0.15) is 47.5 Å². The number of carboxylic acid groups (broad SMARTS) is 1. The highest BCUT2D eigenvalue weighted by atomic mass is 16.4. The number of amides is 2. The molecular formula is C15H28N2O3. The fourth-order valence-electron chi connectivity index (χ4n) is 2.63. The molecule has 5 heteroatoms. The van der Waals surface area contributed by atoms with E-state index in [2.05, 4.69) is 19.2 Å². The van der Waals surface area contributed by atoms with Crippen molar-refractivity contribution < 1.29 is 14.7 Å². The molecule has 0 aliphatic carbocycles. The molecule has 1 rings (SSSR count). The molecule has 2 amide bonds. The van der Waals surface area contributed by atoms with E-state index in [0.717, 1.165) is 12.8 Å². The van der Waals surface area contributed by atoms with E-state index in [4.69, 9.17) is 0 Å². The molecule has 1 heterocycles. The molecule has 0 aromatic carbocycles. The molecule has 1 saturated heterocycles. The molecule has 5 nitrogen and oxygen atoms in total. The summed E-state index contributed by atoms with van der Waals surface area (Å²) in [6, 6.07) is -1.12. The molecule has 116 valence electrons. The first-order valence-electron chi connectivity index (χ1n) is 7.41. The van der Waals surface area contributed by atoms with Gasteiger partial charge in [0, 0.05) is 13.1 Å². The van der Waals surface area contributed by atoms with Gasteiger partial charge in [-0.3, -0.25) is 0 Å². The zero-order chi connectivity index (χ0) is 15.5. The zero-order valence-corrected chi connectivity index (χ0v) is 13.3. The lowest BCUT2D eigenvalue weighted by molar-refractivity contribution is -0.142. The van der Waals surface area contributed by atoms with Crippen LogP contribution in [0, 0.1) is 17.3 Å². The maximum absolute atomic E-state index is 12.2. The normalized spacial score (nSPS) is 19.0. The van der Waals surface area contributed by atoms with E-state index in [-0.39, 0.29) is 6.03 Å². The Bertz CT molecular complexity index is 353. The fourth-order valence-corrected chi connectivity index (χ4v) is 2.63. The monoisotopic (exact) mass is 284 g/mol. The Morgan fingerprint density at radius 1 is 1.20 bits per heavy atom. The van der Waals surface area contributed by atoms with Crippen molar-refractivity contribution in [1.29, 1.82) is 0 Å². The maximum Gasteiger partial charge on any atom is 0.326 e. The Kier molecular flexibility index (Phi) is 5.42. The number of hydrogen-bond acceptors (Lipinski definition) is 2. The number of piperidine rings is 1. The van der Waals surface area contributed by atoms with Crippen LogP contribution in [0.5, 0.6) is 0 Å². The molecule has 1 aliphatic rings. The van der Waals surface area contributed by atoms with Gasteiger partial charge in [-0.25, -0.2) is 9.59 Å². The fraction of sp³-hybridized carbons (Fsp3) is 0.867. The number of rotatable bonds is 3. The molecule has 0 aromatic rings. The minimum atomic E-state index is -0.983. The number of urea groups is 1. The number of nitrogens with zero attached hydrogens (tertiary/aromatic N) is 1. The summed E-state index contributed by atoms with van der Waals surface area (Å²) in [7, 11) is 0. The molecule has 0 aromatic heterocycles. The highest BCUT2D eigenvalue weighted by Crippen LogP contribution is 2.25. The van der Waals surface area contributed by atoms with Crippen LogP contribution in [0.25, 0.3) is 0 Å². The molecule has 2 N–H and O–H groups in total. The number of carboxylic acids is 1. The van der Waals surface area contributed by atoms with Gasteiger partial charge in [-0.2, -0.15) is 0 Å². The van der Waals surface area contributed by atoms with Crippen LogP contribution in [0.2, 0.25) is 0 Å². The SMILES string of the molecule is CC(C)C1CCN(C(=O)N[C@@H](C(=O)O)C(C)(C)C)CC1. The Morgan fingerprint density at radius 3 is 2.05 bits per heavy atom. The number of likely N-dealkylation sites (tertiary alicyclic amines) is 1. The van der Waals surface area contributed by atoms with Gasteiger partial charge >= 0.3 is 12.0 Å². The first kappa shape index (κ1) is 16.8. The van der Waals surface area contributed by atoms with Crippen molar-refractivity contribution in [2.24, 2.45) is 17.3 Å². The van der Waals surface area contributed by atoms with Crippen molar-refractivity contribution in [3.63, 3.8) is 0 Å². The Morgan fingerprint density at radius 2 is 1.70 bits per heavy atom. The molecule has 1 aliphatic heterocycles. The molecule has 1 fully saturated rings. The molecule has 0 bridgehead atoms. The van der Waals surface area contributed by atoms with E-state index in [1.165, 1.54) is 0 Å². The van der Waals surface area contributed by atoms with Gasteiger partial charge < -0.3 is 15.3 Å². The van der Waals surface area contributed by atoms with E-state index in [9.17, 15) is 14.7 Å². The lowest BCUT2D eigenvalue weighted by Crippen LogP contribution is -2.54. The van der Waals surface area contributed by atoms with Crippen molar-refractivity contribution in [3.8, 4) is 0 Å². The van der Waals surface area contributed by atoms with E-state index in [0.29, 0.717) is 24.9 Å². The number of carbonyl (C=O) groups excluding carboxylic acids is 1. The van der Waals surface area contributed by atoms with Crippen LogP contribution < -0.4 is 5.32 Å². The van der Waals surface area contributed by atoms with Gasteiger partial charge in [-0.05, 0) is 30.1 Å². The molecule has 0 spiro atoms. The van der Waals surface area contributed by atoms with Crippen LogP contribution in [0.15, 0.2) is 0 Å². The summed E-state index contributed by atoms with van der Waals surface area (Å²) >= 11 is 0. The van der Waals surface area contributed by atoms with Crippen LogP contribution in [-0.4, -0.2) is 41.1 Å². The van der Waals surface area contributed by atoms with Gasteiger partial charge in [0.1, 0.15) is 6.04 Å². The van der Waals surface area contributed by atoms with Crippen molar-refractivity contribution >= 4 is 12.0 Å². The highest BCUT2D eigenvalue weighted by molar-refractivity contribution is 5.83.